The third kappa shape index (κ3) is 3.12. The monoisotopic (exact) mass is 330 g/mol. The van der Waals surface area contributed by atoms with Crippen molar-refractivity contribution >= 4 is 28.6 Å². The zero-order valence-electron chi connectivity index (χ0n) is 13.6. The second-order valence-electron chi connectivity index (χ2n) is 5.35. The molecule has 2 heterocycles. The number of carbonyl (C=O) groups is 2. The summed E-state index contributed by atoms with van der Waals surface area (Å²) in [7, 11) is 0. The molecule has 24 heavy (non-hydrogen) atoms. The van der Waals surface area contributed by atoms with E-state index in [-0.39, 0.29) is 24.8 Å². The second-order valence-corrected chi connectivity index (χ2v) is 5.35. The summed E-state index contributed by atoms with van der Waals surface area (Å²) in [6.07, 6.45) is 0.793. The number of anilines is 1. The van der Waals surface area contributed by atoms with Crippen molar-refractivity contribution in [2.45, 2.75) is 26.7 Å². The fraction of sp³-hybridized carbons (Fsp3) is 0.438. The number of carbonyl (C=O) groups excluding carboxylic acids is 2. The Hall–Kier alpha value is -2.77. The maximum atomic E-state index is 12.1. The van der Waals surface area contributed by atoms with Crippen molar-refractivity contribution < 1.29 is 19.1 Å². The van der Waals surface area contributed by atoms with Crippen molar-refractivity contribution in [2.75, 3.05) is 24.7 Å². The molecule has 0 saturated carbocycles. The van der Waals surface area contributed by atoms with Gasteiger partial charge in [0, 0.05) is 12.6 Å². The van der Waals surface area contributed by atoms with Crippen LogP contribution in [0.25, 0.3) is 11.0 Å². The van der Waals surface area contributed by atoms with Gasteiger partial charge >= 0.3 is 5.97 Å². The molecule has 8 nitrogen and oxygen atoms in total. The Morgan fingerprint density at radius 3 is 2.88 bits per heavy atom. The topological polar surface area (TPSA) is 94.5 Å². The fourth-order valence-corrected chi connectivity index (χ4v) is 2.55. The summed E-state index contributed by atoms with van der Waals surface area (Å²) >= 11 is 0. The van der Waals surface area contributed by atoms with Crippen LogP contribution in [-0.2, 0) is 20.7 Å². The highest BCUT2D eigenvalue weighted by molar-refractivity contribution is 6.00. The number of nitrogens with zero attached hydrogens (tertiary/aromatic N) is 4. The van der Waals surface area contributed by atoms with Gasteiger partial charge in [0.05, 0.1) is 17.8 Å². The highest BCUT2D eigenvalue weighted by Gasteiger charge is 2.26. The molecular formula is C16H18N4O4. The zero-order chi connectivity index (χ0) is 17.1. The van der Waals surface area contributed by atoms with Crippen molar-refractivity contribution in [3.63, 3.8) is 0 Å². The molecule has 0 N–H and O–H groups in total. The lowest BCUT2D eigenvalue weighted by Gasteiger charge is -2.29. The van der Waals surface area contributed by atoms with E-state index >= 15 is 0 Å². The minimum Gasteiger partial charge on any atom is -0.481 e. The third-order valence-corrected chi connectivity index (χ3v) is 3.58. The van der Waals surface area contributed by atoms with Crippen molar-refractivity contribution in [3.8, 4) is 5.75 Å². The first-order chi connectivity index (χ1) is 11.6. The van der Waals surface area contributed by atoms with Gasteiger partial charge in [0.1, 0.15) is 17.7 Å². The summed E-state index contributed by atoms with van der Waals surface area (Å²) in [5, 5.41) is 8.04. The molecule has 0 unspecified atom stereocenters. The van der Waals surface area contributed by atoms with Crippen LogP contribution in [0.15, 0.2) is 12.1 Å². The number of hydrogen-bond donors (Lipinski definition) is 0. The van der Waals surface area contributed by atoms with Gasteiger partial charge in [-0.05, 0) is 19.4 Å². The Labute approximate surface area is 138 Å². The minimum absolute atomic E-state index is 0.0142. The molecule has 8 heteroatoms. The van der Waals surface area contributed by atoms with Gasteiger partial charge in [-0.2, -0.15) is 0 Å². The quantitative estimate of drug-likeness (QED) is 0.762. The summed E-state index contributed by atoms with van der Waals surface area (Å²) < 4.78 is 10.4. The van der Waals surface area contributed by atoms with Crippen molar-refractivity contribution in [2.24, 2.45) is 0 Å². The number of aromatic nitrogens is 3. The van der Waals surface area contributed by atoms with E-state index in [1.54, 1.807) is 24.0 Å². The van der Waals surface area contributed by atoms with Crippen molar-refractivity contribution in [3.05, 3.63) is 18.0 Å². The molecule has 2 aromatic rings. The van der Waals surface area contributed by atoms with Gasteiger partial charge < -0.3 is 14.4 Å². The summed E-state index contributed by atoms with van der Waals surface area (Å²) in [5.41, 5.74) is 1.78. The van der Waals surface area contributed by atoms with Crippen molar-refractivity contribution in [1.82, 2.24) is 15.2 Å². The molecular weight excluding hydrogens is 312 g/mol. The van der Waals surface area contributed by atoms with Crippen LogP contribution in [0.5, 0.6) is 5.75 Å². The molecule has 126 valence electrons. The van der Waals surface area contributed by atoms with Crippen LogP contribution in [0, 0.1) is 0 Å². The number of fused-ring (bicyclic) bond motifs is 2. The fourth-order valence-electron chi connectivity index (χ4n) is 2.55. The van der Waals surface area contributed by atoms with E-state index in [4.69, 9.17) is 9.47 Å². The van der Waals surface area contributed by atoms with E-state index in [0.29, 0.717) is 35.6 Å². The number of esters is 1. The average Bonchev–Trinajstić information content (AvgIpc) is 2.56. The summed E-state index contributed by atoms with van der Waals surface area (Å²) in [5.74, 6) is 0.385. The normalized spacial score (nSPS) is 13.6. The summed E-state index contributed by atoms with van der Waals surface area (Å²) in [6.45, 7) is 4.67. The van der Waals surface area contributed by atoms with Gasteiger partial charge in [-0.3, -0.25) is 9.59 Å². The molecule has 1 amide bonds. The average molecular weight is 330 g/mol. The number of benzene rings is 1. The highest BCUT2D eigenvalue weighted by Crippen LogP contribution is 2.34. The Bertz CT molecular complexity index is 793. The van der Waals surface area contributed by atoms with Crippen LogP contribution in [0.4, 0.5) is 5.69 Å². The Balaban J connectivity index is 1.98. The number of hydrogen-bond acceptors (Lipinski definition) is 7. The first-order valence-corrected chi connectivity index (χ1v) is 7.88. The van der Waals surface area contributed by atoms with E-state index < -0.39 is 5.97 Å². The molecule has 0 aliphatic carbocycles. The van der Waals surface area contributed by atoms with Crippen molar-refractivity contribution in [1.29, 1.82) is 0 Å². The van der Waals surface area contributed by atoms with Crippen LogP contribution in [0.2, 0.25) is 0 Å². The predicted molar refractivity (Wildman–Crippen MR) is 85.8 cm³/mol. The van der Waals surface area contributed by atoms with Crippen LogP contribution in [-0.4, -0.2) is 46.8 Å². The maximum Gasteiger partial charge on any atom is 0.313 e. The van der Waals surface area contributed by atoms with Crippen LogP contribution < -0.4 is 9.64 Å². The first-order valence-electron chi connectivity index (χ1n) is 7.88. The number of ether oxygens (including phenoxy) is 2. The van der Waals surface area contributed by atoms with E-state index in [9.17, 15) is 9.59 Å². The molecule has 0 bridgehead atoms. The van der Waals surface area contributed by atoms with Gasteiger partial charge in [-0.15, -0.1) is 10.2 Å². The van der Waals surface area contributed by atoms with Gasteiger partial charge in [0.2, 0.25) is 0 Å². The number of amides is 1. The Morgan fingerprint density at radius 2 is 2.12 bits per heavy atom. The maximum absolute atomic E-state index is 12.1. The van der Waals surface area contributed by atoms with E-state index in [1.165, 1.54) is 0 Å². The van der Waals surface area contributed by atoms with Crippen LogP contribution >= 0.6 is 0 Å². The van der Waals surface area contributed by atoms with E-state index in [1.807, 2.05) is 6.92 Å². The summed E-state index contributed by atoms with van der Waals surface area (Å²) in [4.78, 5) is 29.7. The molecule has 1 aliphatic heterocycles. The number of rotatable bonds is 5. The molecule has 0 atom stereocenters. The molecule has 1 aromatic heterocycles. The van der Waals surface area contributed by atoms with Gasteiger partial charge in [0.15, 0.2) is 12.4 Å². The van der Waals surface area contributed by atoms with Gasteiger partial charge in [-0.1, -0.05) is 6.92 Å². The molecule has 1 aromatic carbocycles. The molecule has 1 aliphatic rings. The minimum atomic E-state index is -0.400. The standard InChI is InChI=1S/C16H18N4O4/c1-3-5-20-12-6-10-11(7-13(12)24-9-15(20)21)18-19-14(17-10)8-16(22)23-4-2/h6-7H,3-5,8-9H2,1-2H3. The van der Waals surface area contributed by atoms with E-state index in [0.717, 1.165) is 6.42 Å². The lowest BCUT2D eigenvalue weighted by molar-refractivity contribution is -0.142. The molecule has 0 spiro atoms. The van der Waals surface area contributed by atoms with Crippen LogP contribution in [0.1, 0.15) is 26.1 Å². The first kappa shape index (κ1) is 16.1. The summed E-state index contributed by atoms with van der Waals surface area (Å²) in [6, 6.07) is 3.47. The third-order valence-electron chi connectivity index (χ3n) is 3.58. The Morgan fingerprint density at radius 1 is 1.29 bits per heavy atom. The second kappa shape index (κ2) is 6.77. The zero-order valence-corrected chi connectivity index (χ0v) is 13.6. The molecule has 0 fully saturated rings. The van der Waals surface area contributed by atoms with Gasteiger partial charge in [-0.25, -0.2) is 4.98 Å². The van der Waals surface area contributed by atoms with Crippen LogP contribution in [0.3, 0.4) is 0 Å². The Kier molecular flexibility index (Phi) is 4.54. The molecule has 0 saturated heterocycles. The molecule has 0 radical (unpaired) electrons. The smallest absolute Gasteiger partial charge is 0.313 e. The largest absolute Gasteiger partial charge is 0.481 e. The van der Waals surface area contributed by atoms with E-state index in [2.05, 4.69) is 15.2 Å². The SMILES string of the molecule is CCCN1C(=O)COc2cc3nnc(CC(=O)OCC)nc3cc21. The predicted octanol–water partition coefficient (Wildman–Crippen LogP) is 1.27. The molecule has 3 rings (SSSR count). The highest BCUT2D eigenvalue weighted by atomic mass is 16.5. The van der Waals surface area contributed by atoms with Gasteiger partial charge in [0.25, 0.3) is 5.91 Å². The lowest BCUT2D eigenvalue weighted by atomic mass is 10.2. The lowest BCUT2D eigenvalue weighted by Crippen LogP contribution is -2.39.